The Morgan fingerprint density at radius 3 is 2.62 bits per heavy atom. The zero-order valence-electron chi connectivity index (χ0n) is 20.6. The van der Waals surface area contributed by atoms with Crippen LogP contribution in [-0.2, 0) is 11.2 Å². The first-order chi connectivity index (χ1) is 17.4. The van der Waals surface area contributed by atoms with Crippen LogP contribution in [0.25, 0.3) is 5.65 Å². The molecule has 3 aromatic rings. The summed E-state index contributed by atoms with van der Waals surface area (Å²) in [6, 6.07) is 4.34. The lowest BCUT2D eigenvalue weighted by Gasteiger charge is -2.34. The molecule has 0 saturated carbocycles. The number of hydrogen-bond acceptors (Lipinski definition) is 6. The maximum absolute atomic E-state index is 13.1. The second-order valence-electron chi connectivity index (χ2n) is 9.09. The Morgan fingerprint density at radius 1 is 1.22 bits per heavy atom. The molecule has 1 saturated heterocycles. The molecule has 5 heterocycles. The Hall–Kier alpha value is -3.87. The minimum atomic E-state index is -5.08. The van der Waals surface area contributed by atoms with Crippen molar-refractivity contribution in [2.45, 2.75) is 39.4 Å². The Labute approximate surface area is 211 Å². The zero-order valence-corrected chi connectivity index (χ0v) is 20.6. The van der Waals surface area contributed by atoms with Crippen LogP contribution < -0.4 is 20.4 Å². The summed E-state index contributed by atoms with van der Waals surface area (Å²) in [6.07, 6.45) is 1.43. The fourth-order valence-corrected chi connectivity index (χ4v) is 4.57. The number of pyridine rings is 2. The Bertz CT molecular complexity index is 1320. The van der Waals surface area contributed by atoms with Gasteiger partial charge >= 0.3 is 18.2 Å². The number of nitrogens with one attached hydrogen (secondary N) is 2. The molecule has 1 atom stereocenters. The number of fused-ring (bicyclic) bond motifs is 2. The molecule has 0 radical (unpaired) electrons. The fourth-order valence-electron chi connectivity index (χ4n) is 4.57. The molecule has 13 heteroatoms. The Morgan fingerprint density at radius 2 is 1.95 bits per heavy atom. The molecule has 2 amide bonds. The number of aromatic nitrogens is 3. The number of hydrogen-bond donors (Lipinski definition) is 3. The van der Waals surface area contributed by atoms with Gasteiger partial charge in [0.2, 0.25) is 0 Å². The van der Waals surface area contributed by atoms with Crippen LogP contribution >= 0.6 is 0 Å². The Balaban J connectivity index is 0.000000405. The number of urea groups is 1. The zero-order chi connectivity index (χ0) is 26.9. The van der Waals surface area contributed by atoms with Crippen molar-refractivity contribution in [2.24, 2.45) is 0 Å². The molecular weight excluding hydrogens is 491 g/mol. The normalized spacial score (nSPS) is 17.3. The predicted octanol–water partition coefficient (Wildman–Crippen LogP) is 3.37. The quantitative estimate of drug-likeness (QED) is 0.476. The molecule has 0 aliphatic carbocycles. The van der Waals surface area contributed by atoms with Gasteiger partial charge in [-0.1, -0.05) is 0 Å². The molecular formula is C24H28F3N7O3. The molecule has 3 N–H and O–H groups in total. The van der Waals surface area contributed by atoms with Crippen molar-refractivity contribution < 1.29 is 27.9 Å². The topological polar surface area (TPSA) is 115 Å². The van der Waals surface area contributed by atoms with Crippen LogP contribution in [0.1, 0.15) is 23.7 Å². The summed E-state index contributed by atoms with van der Waals surface area (Å²) in [4.78, 5) is 35.2. The highest BCUT2D eigenvalue weighted by atomic mass is 19.4. The average Bonchev–Trinajstić information content (AvgIpc) is 3.42. The number of nitrogens with zero attached hydrogens (tertiary/aromatic N) is 5. The molecule has 2 aliphatic rings. The average molecular weight is 520 g/mol. The number of alkyl halides is 3. The SMILES string of the molecule is Cc1cn2cc(NC(=O)N3CCc4c(N5CCN[C@H](C)C5)ccnc43)cc(C)c2n1.O=C(O)C(F)(F)F. The van der Waals surface area contributed by atoms with Gasteiger partial charge in [-0.2, -0.15) is 13.2 Å². The first-order valence-electron chi connectivity index (χ1n) is 11.7. The standard InChI is InChI=1S/C22H27N7O.C2HF3O2/c1-14-10-17(13-28-12-16(3)25-20(14)28)26-22(30)29-8-5-18-19(4-6-24-21(18)29)27-9-7-23-15(2)11-27;3-2(4,5)1(6)7/h4,6,10,12-13,15,23H,5,7-9,11H2,1-3H3,(H,26,30);(H,6,7)/t15-;/m1./s1. The third-order valence-electron chi connectivity index (χ3n) is 6.15. The summed E-state index contributed by atoms with van der Waals surface area (Å²) in [7, 11) is 0. The van der Waals surface area contributed by atoms with Gasteiger partial charge < -0.3 is 25.0 Å². The maximum Gasteiger partial charge on any atom is 0.490 e. The molecule has 1 fully saturated rings. The first kappa shape index (κ1) is 26.2. The van der Waals surface area contributed by atoms with Crippen molar-refractivity contribution in [1.29, 1.82) is 0 Å². The van der Waals surface area contributed by atoms with Crippen LogP contribution in [0.4, 0.5) is 35.2 Å². The van der Waals surface area contributed by atoms with Crippen LogP contribution in [0.3, 0.4) is 0 Å². The summed E-state index contributed by atoms with van der Waals surface area (Å²) in [5, 5.41) is 13.7. The number of carboxylic acid groups (broad SMARTS) is 1. The van der Waals surface area contributed by atoms with E-state index in [2.05, 4.69) is 38.5 Å². The van der Waals surface area contributed by atoms with Gasteiger partial charge in [0.25, 0.3) is 0 Å². The van der Waals surface area contributed by atoms with Gasteiger partial charge in [-0.15, -0.1) is 0 Å². The van der Waals surface area contributed by atoms with Crippen LogP contribution in [0.2, 0.25) is 0 Å². The van der Waals surface area contributed by atoms with E-state index < -0.39 is 12.1 Å². The van der Waals surface area contributed by atoms with Crippen LogP contribution in [0, 0.1) is 13.8 Å². The minimum absolute atomic E-state index is 0.150. The number of piperazine rings is 1. The van der Waals surface area contributed by atoms with E-state index in [4.69, 9.17) is 9.90 Å². The molecule has 0 unspecified atom stereocenters. The number of anilines is 3. The van der Waals surface area contributed by atoms with E-state index in [0.717, 1.165) is 54.5 Å². The Kier molecular flexibility index (Phi) is 7.25. The number of aliphatic carboxylic acids is 1. The number of amides is 2. The molecule has 5 rings (SSSR count). The number of carbonyl (C=O) groups excluding carboxylic acids is 1. The summed E-state index contributed by atoms with van der Waals surface area (Å²) in [5.41, 5.74) is 6.01. The minimum Gasteiger partial charge on any atom is -0.475 e. The van der Waals surface area contributed by atoms with Gasteiger partial charge in [-0.05, 0) is 44.9 Å². The van der Waals surface area contributed by atoms with Gasteiger partial charge in [0.1, 0.15) is 11.5 Å². The molecule has 0 spiro atoms. The molecule has 37 heavy (non-hydrogen) atoms. The first-order valence-corrected chi connectivity index (χ1v) is 11.7. The second-order valence-corrected chi connectivity index (χ2v) is 9.09. The van der Waals surface area contributed by atoms with E-state index in [1.807, 2.05) is 42.9 Å². The summed E-state index contributed by atoms with van der Waals surface area (Å²) >= 11 is 0. The second kappa shape index (κ2) is 10.2. The lowest BCUT2D eigenvalue weighted by atomic mass is 10.1. The van der Waals surface area contributed by atoms with E-state index in [-0.39, 0.29) is 6.03 Å². The third kappa shape index (κ3) is 5.77. The van der Waals surface area contributed by atoms with Crippen molar-refractivity contribution >= 4 is 34.8 Å². The molecule has 2 aliphatic heterocycles. The lowest BCUT2D eigenvalue weighted by molar-refractivity contribution is -0.192. The van der Waals surface area contributed by atoms with Gasteiger partial charge in [0.05, 0.1) is 11.4 Å². The summed E-state index contributed by atoms with van der Waals surface area (Å²) in [6.45, 7) is 9.71. The van der Waals surface area contributed by atoms with Crippen LogP contribution in [0.15, 0.2) is 30.7 Å². The van der Waals surface area contributed by atoms with Gasteiger partial charge in [0, 0.05) is 62.1 Å². The number of halogens is 3. The molecule has 10 nitrogen and oxygen atoms in total. The number of carboxylic acids is 1. The summed E-state index contributed by atoms with van der Waals surface area (Å²) < 4.78 is 33.7. The molecule has 0 aromatic carbocycles. The molecule has 198 valence electrons. The highest BCUT2D eigenvalue weighted by Crippen LogP contribution is 2.34. The van der Waals surface area contributed by atoms with Gasteiger partial charge in [-0.3, -0.25) is 4.90 Å². The highest BCUT2D eigenvalue weighted by molar-refractivity contribution is 6.03. The largest absolute Gasteiger partial charge is 0.490 e. The maximum atomic E-state index is 13.1. The van der Waals surface area contributed by atoms with E-state index in [1.165, 1.54) is 11.3 Å². The number of carbonyl (C=O) groups is 2. The van der Waals surface area contributed by atoms with E-state index >= 15 is 0 Å². The predicted molar refractivity (Wildman–Crippen MR) is 132 cm³/mol. The van der Waals surface area contributed by atoms with E-state index in [9.17, 15) is 18.0 Å². The smallest absolute Gasteiger partial charge is 0.475 e. The van der Waals surface area contributed by atoms with Gasteiger partial charge in [-0.25, -0.2) is 19.6 Å². The number of rotatable bonds is 2. The van der Waals surface area contributed by atoms with Gasteiger partial charge in [0.15, 0.2) is 0 Å². The molecule has 3 aromatic heterocycles. The van der Waals surface area contributed by atoms with E-state index in [1.54, 1.807) is 4.90 Å². The fraction of sp³-hybridized carbons (Fsp3) is 0.417. The van der Waals surface area contributed by atoms with Crippen molar-refractivity contribution in [1.82, 2.24) is 19.7 Å². The monoisotopic (exact) mass is 519 g/mol. The van der Waals surface area contributed by atoms with Crippen molar-refractivity contribution in [3.8, 4) is 0 Å². The van der Waals surface area contributed by atoms with Crippen LogP contribution in [-0.4, -0.2) is 69.9 Å². The lowest BCUT2D eigenvalue weighted by Crippen LogP contribution is -2.49. The van der Waals surface area contributed by atoms with Crippen LogP contribution in [0.5, 0.6) is 0 Å². The van der Waals surface area contributed by atoms with Crippen molar-refractivity contribution in [2.75, 3.05) is 41.3 Å². The highest BCUT2D eigenvalue weighted by Gasteiger charge is 2.38. The number of aryl methyl sites for hydroxylation is 2. The van der Waals surface area contributed by atoms with Crippen molar-refractivity contribution in [3.63, 3.8) is 0 Å². The third-order valence-corrected chi connectivity index (χ3v) is 6.15. The molecule has 0 bridgehead atoms. The van der Waals surface area contributed by atoms with E-state index in [0.29, 0.717) is 12.6 Å². The van der Waals surface area contributed by atoms with Crippen molar-refractivity contribution in [3.05, 3.63) is 47.5 Å². The summed E-state index contributed by atoms with van der Waals surface area (Å²) in [5.74, 6) is -1.99. The number of imidazole rings is 1.